The van der Waals surface area contributed by atoms with Gasteiger partial charge in [0.05, 0.1) is 21.3 Å². The average molecular weight is 530 g/mol. The minimum Gasteiger partial charge on any atom is -0.457 e. The number of pyridine rings is 1. The third-order valence-corrected chi connectivity index (χ3v) is 6.64. The summed E-state index contributed by atoms with van der Waals surface area (Å²) in [7, 11) is 0. The summed E-state index contributed by atoms with van der Waals surface area (Å²) in [5, 5.41) is 23.7. The Bertz CT molecular complexity index is 1850. The van der Waals surface area contributed by atoms with Gasteiger partial charge < -0.3 is 4.74 Å². The number of ketones is 1. The van der Waals surface area contributed by atoms with E-state index in [9.17, 15) is 25.0 Å². The second kappa shape index (κ2) is 9.84. The molecule has 10 heteroatoms. The van der Waals surface area contributed by atoms with Gasteiger partial charge in [0.1, 0.15) is 17.5 Å². The molecule has 5 aromatic rings. The first-order chi connectivity index (χ1) is 19.4. The lowest BCUT2D eigenvalue weighted by Crippen LogP contribution is -2.24. The van der Waals surface area contributed by atoms with Gasteiger partial charge in [0.15, 0.2) is 5.78 Å². The summed E-state index contributed by atoms with van der Waals surface area (Å²) in [4.78, 5) is 43.9. The molecule has 0 spiro atoms. The van der Waals surface area contributed by atoms with Crippen LogP contribution in [0.1, 0.15) is 33.2 Å². The van der Waals surface area contributed by atoms with Crippen LogP contribution in [0.4, 0.5) is 11.4 Å². The molecule has 0 N–H and O–H groups in total. The van der Waals surface area contributed by atoms with E-state index >= 15 is 0 Å². The Morgan fingerprint density at radius 2 is 1.35 bits per heavy atom. The highest BCUT2D eigenvalue weighted by Crippen LogP contribution is 2.37. The van der Waals surface area contributed by atoms with Crippen molar-refractivity contribution < 1.29 is 19.4 Å². The topological polar surface area (TPSA) is 138 Å². The number of aromatic nitrogens is 1. The summed E-state index contributed by atoms with van der Waals surface area (Å²) >= 11 is 0. The Morgan fingerprint density at radius 3 is 2.02 bits per heavy atom. The number of nitro groups is 2. The molecule has 4 aromatic carbocycles. The standard InChI is InChI=1S/C30H18N4O6/c35-30-25-6-3-17-31-28(25)29(32-27(30)18-7-9-19(10-8-18)33(36)37)24-15-16-26(23-5-2-1-4-22(23)24)40-21-13-11-20(12-14-21)34(38)39/h1-17,27H. The molecule has 0 saturated carbocycles. The van der Waals surface area contributed by atoms with Gasteiger partial charge in [-0.3, -0.25) is 35.0 Å². The summed E-state index contributed by atoms with van der Waals surface area (Å²) in [5.74, 6) is 0.728. The first kappa shape index (κ1) is 24.6. The van der Waals surface area contributed by atoms with Crippen LogP contribution in [0.2, 0.25) is 0 Å². The molecule has 1 atom stereocenters. The molecule has 6 rings (SSSR count). The third-order valence-electron chi connectivity index (χ3n) is 6.64. The highest BCUT2D eigenvalue weighted by molar-refractivity contribution is 6.25. The molecule has 0 amide bonds. The molecule has 0 radical (unpaired) electrons. The van der Waals surface area contributed by atoms with Crippen molar-refractivity contribution >= 4 is 33.6 Å². The van der Waals surface area contributed by atoms with Crippen molar-refractivity contribution in [2.45, 2.75) is 6.04 Å². The average Bonchev–Trinajstić information content (AvgIpc) is 2.98. The summed E-state index contributed by atoms with van der Waals surface area (Å²) < 4.78 is 6.09. The highest BCUT2D eigenvalue weighted by atomic mass is 16.6. The molecule has 0 aliphatic carbocycles. The van der Waals surface area contributed by atoms with E-state index in [2.05, 4.69) is 4.98 Å². The molecule has 10 nitrogen and oxygen atoms in total. The van der Waals surface area contributed by atoms with Crippen molar-refractivity contribution in [1.82, 2.24) is 4.98 Å². The Labute approximate surface area is 226 Å². The van der Waals surface area contributed by atoms with E-state index in [1.165, 1.54) is 36.4 Å². The predicted molar refractivity (Wildman–Crippen MR) is 147 cm³/mol. The fourth-order valence-electron chi connectivity index (χ4n) is 4.72. The van der Waals surface area contributed by atoms with Crippen molar-refractivity contribution in [3.8, 4) is 11.5 Å². The zero-order chi connectivity index (χ0) is 27.8. The van der Waals surface area contributed by atoms with E-state index in [1.807, 2.05) is 30.3 Å². The van der Waals surface area contributed by atoms with E-state index in [1.54, 1.807) is 36.5 Å². The molecule has 0 fully saturated rings. The van der Waals surface area contributed by atoms with Gasteiger partial charge in [0, 0.05) is 47.0 Å². The van der Waals surface area contributed by atoms with Crippen LogP contribution in [0.25, 0.3) is 10.8 Å². The fourth-order valence-corrected chi connectivity index (χ4v) is 4.72. The Kier molecular flexibility index (Phi) is 6.04. The van der Waals surface area contributed by atoms with Gasteiger partial charge >= 0.3 is 0 Å². The van der Waals surface area contributed by atoms with Crippen LogP contribution in [-0.2, 0) is 0 Å². The lowest BCUT2D eigenvalue weighted by Gasteiger charge is -2.23. The highest BCUT2D eigenvalue weighted by Gasteiger charge is 2.32. The summed E-state index contributed by atoms with van der Waals surface area (Å²) in [6, 6.07) is 25.3. The Hall–Kier alpha value is -5.77. The van der Waals surface area contributed by atoms with E-state index in [-0.39, 0.29) is 17.2 Å². The van der Waals surface area contributed by atoms with E-state index in [0.29, 0.717) is 34.0 Å². The molecule has 2 heterocycles. The van der Waals surface area contributed by atoms with Crippen molar-refractivity contribution in [3.05, 3.63) is 146 Å². The van der Waals surface area contributed by atoms with E-state index in [0.717, 1.165) is 16.3 Å². The monoisotopic (exact) mass is 530 g/mol. The lowest BCUT2D eigenvalue weighted by atomic mass is 9.88. The van der Waals surface area contributed by atoms with Crippen LogP contribution in [-0.4, -0.2) is 26.3 Å². The number of ether oxygens (including phenoxy) is 1. The molecule has 1 aliphatic heterocycles. The second-order valence-corrected chi connectivity index (χ2v) is 9.00. The maximum atomic E-state index is 13.5. The molecule has 1 aromatic heterocycles. The van der Waals surface area contributed by atoms with Crippen molar-refractivity contribution in [1.29, 1.82) is 0 Å². The number of carbonyl (C=O) groups excluding carboxylic acids is 1. The van der Waals surface area contributed by atoms with Crippen LogP contribution in [0.15, 0.2) is 108 Å². The maximum Gasteiger partial charge on any atom is 0.269 e. The number of nitrogens with zero attached hydrogens (tertiary/aromatic N) is 4. The number of aliphatic imine (C=N–C) groups is 1. The summed E-state index contributed by atoms with van der Waals surface area (Å²) in [5.41, 5.74) is 2.51. The SMILES string of the molecule is O=C1c2cccnc2C(c2ccc(Oc3ccc([N+](=O)[O-])cc3)c3ccccc23)=NC1c1ccc([N+](=O)[O-])cc1. The van der Waals surface area contributed by atoms with Gasteiger partial charge in [0.25, 0.3) is 11.4 Å². The Balaban J connectivity index is 1.46. The smallest absolute Gasteiger partial charge is 0.269 e. The molecule has 194 valence electrons. The number of carbonyl (C=O) groups is 1. The van der Waals surface area contributed by atoms with Crippen molar-refractivity contribution in [2.24, 2.45) is 4.99 Å². The van der Waals surface area contributed by atoms with Crippen LogP contribution in [0.3, 0.4) is 0 Å². The number of non-ortho nitro benzene ring substituents is 2. The molecule has 0 saturated heterocycles. The number of fused-ring (bicyclic) bond motifs is 2. The zero-order valence-corrected chi connectivity index (χ0v) is 20.6. The number of rotatable bonds is 6. The molecular formula is C30H18N4O6. The largest absolute Gasteiger partial charge is 0.457 e. The number of hydrogen-bond acceptors (Lipinski definition) is 8. The molecular weight excluding hydrogens is 512 g/mol. The normalized spacial score (nSPS) is 14.3. The third kappa shape index (κ3) is 4.33. The first-order valence-electron chi connectivity index (χ1n) is 12.2. The molecule has 1 aliphatic rings. The molecule has 40 heavy (non-hydrogen) atoms. The number of hydrogen-bond donors (Lipinski definition) is 0. The van der Waals surface area contributed by atoms with Crippen LogP contribution in [0.5, 0.6) is 11.5 Å². The summed E-state index contributed by atoms with van der Waals surface area (Å²) in [6.07, 6.45) is 1.60. The molecule has 1 unspecified atom stereocenters. The zero-order valence-electron chi connectivity index (χ0n) is 20.6. The lowest BCUT2D eigenvalue weighted by molar-refractivity contribution is -0.385. The van der Waals surface area contributed by atoms with Crippen molar-refractivity contribution in [3.63, 3.8) is 0 Å². The number of nitro benzene ring substituents is 2. The Morgan fingerprint density at radius 1 is 0.700 bits per heavy atom. The molecule has 0 bridgehead atoms. The summed E-state index contributed by atoms with van der Waals surface area (Å²) in [6.45, 7) is 0. The van der Waals surface area contributed by atoms with Gasteiger partial charge in [-0.25, -0.2) is 0 Å². The minimum atomic E-state index is -0.901. The number of benzene rings is 4. The van der Waals surface area contributed by atoms with Gasteiger partial charge in [-0.05, 0) is 59.5 Å². The van der Waals surface area contributed by atoms with Crippen molar-refractivity contribution in [2.75, 3.05) is 0 Å². The van der Waals surface area contributed by atoms with E-state index < -0.39 is 15.9 Å². The van der Waals surface area contributed by atoms with Crippen LogP contribution >= 0.6 is 0 Å². The van der Waals surface area contributed by atoms with Gasteiger partial charge in [-0.15, -0.1) is 0 Å². The quantitative estimate of drug-likeness (QED) is 0.178. The first-order valence-corrected chi connectivity index (χ1v) is 12.2. The van der Waals surface area contributed by atoms with Gasteiger partial charge in [-0.2, -0.15) is 0 Å². The van der Waals surface area contributed by atoms with E-state index in [4.69, 9.17) is 9.73 Å². The predicted octanol–water partition coefficient (Wildman–Crippen LogP) is 6.62. The fraction of sp³-hybridized carbons (Fsp3) is 0.0333. The van der Waals surface area contributed by atoms with Crippen LogP contribution in [0, 0.1) is 20.2 Å². The van der Waals surface area contributed by atoms with Gasteiger partial charge in [-0.1, -0.05) is 24.3 Å². The maximum absolute atomic E-state index is 13.5. The van der Waals surface area contributed by atoms with Gasteiger partial charge in [0.2, 0.25) is 0 Å². The second-order valence-electron chi connectivity index (χ2n) is 9.00. The number of Topliss-reactive ketones (excluding diaryl/α,β-unsaturated/α-hetero) is 1. The minimum absolute atomic E-state index is 0.0360. The van der Waals surface area contributed by atoms with Crippen LogP contribution < -0.4 is 4.74 Å².